The van der Waals surface area contributed by atoms with E-state index in [-0.39, 0.29) is 0 Å². The fourth-order valence-electron chi connectivity index (χ4n) is 2.63. The van der Waals surface area contributed by atoms with Crippen molar-refractivity contribution >= 4 is 10.8 Å². The molecule has 0 aliphatic rings. The monoisotopic (exact) mass is 311 g/mol. The highest BCUT2D eigenvalue weighted by Crippen LogP contribution is 2.28. The second kappa shape index (κ2) is 7.01. The maximum Gasteiger partial charge on any atom is 0.390 e. The van der Waals surface area contributed by atoms with Gasteiger partial charge < -0.3 is 10.1 Å². The molecule has 0 aliphatic carbocycles. The maximum atomic E-state index is 12.3. The topological polar surface area (TPSA) is 21.3 Å². The summed E-state index contributed by atoms with van der Waals surface area (Å²) in [5.74, 6) is 0.768. The van der Waals surface area contributed by atoms with Crippen LogP contribution in [0.25, 0.3) is 10.8 Å². The van der Waals surface area contributed by atoms with E-state index in [9.17, 15) is 13.2 Å². The van der Waals surface area contributed by atoms with Crippen molar-refractivity contribution in [2.45, 2.75) is 32.0 Å². The highest BCUT2D eigenvalue weighted by Gasteiger charge is 2.29. The molecule has 0 aliphatic heterocycles. The summed E-state index contributed by atoms with van der Waals surface area (Å²) in [6, 6.07) is 11.2. The van der Waals surface area contributed by atoms with Crippen molar-refractivity contribution in [1.29, 1.82) is 0 Å². The molecule has 2 aromatic rings. The summed E-state index contributed by atoms with van der Waals surface area (Å²) >= 11 is 0. The van der Waals surface area contributed by atoms with Gasteiger partial charge in [0.1, 0.15) is 5.75 Å². The Morgan fingerprint density at radius 1 is 1.14 bits per heavy atom. The predicted molar refractivity (Wildman–Crippen MR) is 82.3 cm³/mol. The quantitative estimate of drug-likeness (QED) is 0.858. The van der Waals surface area contributed by atoms with Gasteiger partial charge >= 0.3 is 6.18 Å². The molecule has 0 unspecified atom stereocenters. The molecule has 1 N–H and O–H groups in total. The van der Waals surface area contributed by atoms with E-state index in [1.54, 1.807) is 14.0 Å². The summed E-state index contributed by atoms with van der Waals surface area (Å²) in [4.78, 5) is 0. The van der Waals surface area contributed by atoms with Crippen molar-refractivity contribution in [2.75, 3.05) is 13.7 Å². The average Bonchev–Trinajstić information content (AvgIpc) is 2.45. The SMILES string of the molecule is COc1ccc2ccccc2c1CCN[C@H](C)CC(F)(F)F. The highest BCUT2D eigenvalue weighted by atomic mass is 19.4. The van der Waals surface area contributed by atoms with Crippen LogP contribution in [0.5, 0.6) is 5.75 Å². The van der Waals surface area contributed by atoms with E-state index < -0.39 is 18.6 Å². The fraction of sp³-hybridized carbons (Fsp3) is 0.412. The van der Waals surface area contributed by atoms with Crippen LogP contribution in [0.15, 0.2) is 36.4 Å². The summed E-state index contributed by atoms with van der Waals surface area (Å²) in [6.45, 7) is 2.02. The van der Waals surface area contributed by atoms with Gasteiger partial charge in [0.25, 0.3) is 0 Å². The zero-order valence-electron chi connectivity index (χ0n) is 12.7. The Kier molecular flexibility index (Phi) is 5.29. The van der Waals surface area contributed by atoms with Crippen molar-refractivity contribution in [2.24, 2.45) is 0 Å². The molecule has 2 rings (SSSR count). The molecule has 1 atom stereocenters. The van der Waals surface area contributed by atoms with Crippen molar-refractivity contribution < 1.29 is 17.9 Å². The number of benzene rings is 2. The number of fused-ring (bicyclic) bond motifs is 1. The summed E-state index contributed by atoms with van der Waals surface area (Å²) in [6.07, 6.45) is -4.34. The van der Waals surface area contributed by atoms with Gasteiger partial charge in [-0.05, 0) is 36.7 Å². The van der Waals surface area contributed by atoms with Crippen molar-refractivity contribution in [3.05, 3.63) is 42.0 Å². The Hall–Kier alpha value is -1.75. The van der Waals surface area contributed by atoms with E-state index in [4.69, 9.17) is 4.74 Å². The lowest BCUT2D eigenvalue weighted by Gasteiger charge is -2.17. The Morgan fingerprint density at radius 2 is 1.86 bits per heavy atom. The molecular weight excluding hydrogens is 291 g/mol. The van der Waals surface area contributed by atoms with Gasteiger partial charge in [0.15, 0.2) is 0 Å². The molecule has 5 heteroatoms. The molecular formula is C17H20F3NO. The summed E-state index contributed by atoms with van der Waals surface area (Å²) in [5.41, 5.74) is 1.02. The lowest BCUT2D eigenvalue weighted by Crippen LogP contribution is -2.32. The fourth-order valence-corrected chi connectivity index (χ4v) is 2.63. The minimum absolute atomic E-state index is 0.474. The predicted octanol–water partition coefficient (Wildman–Crippen LogP) is 4.32. The van der Waals surface area contributed by atoms with Crippen molar-refractivity contribution in [3.63, 3.8) is 0 Å². The number of ether oxygens (including phenoxy) is 1. The smallest absolute Gasteiger partial charge is 0.390 e. The molecule has 0 amide bonds. The highest BCUT2D eigenvalue weighted by molar-refractivity contribution is 5.87. The van der Waals surface area contributed by atoms with Gasteiger partial charge in [-0.25, -0.2) is 0 Å². The second-order valence-corrected chi connectivity index (χ2v) is 5.39. The standard InChI is InChI=1S/C17H20F3NO/c1-12(11-17(18,19)20)21-10-9-15-14-6-4-3-5-13(14)7-8-16(15)22-2/h3-8,12,21H,9-11H2,1-2H3/t12-/m1/s1. The minimum Gasteiger partial charge on any atom is -0.496 e. The normalized spacial score (nSPS) is 13.3. The number of methoxy groups -OCH3 is 1. The lowest BCUT2D eigenvalue weighted by atomic mass is 10.0. The number of halogens is 3. The van der Waals surface area contributed by atoms with Gasteiger partial charge in [0, 0.05) is 11.6 Å². The van der Waals surface area contributed by atoms with Gasteiger partial charge in [-0.2, -0.15) is 13.2 Å². The van der Waals surface area contributed by atoms with Crippen LogP contribution in [0.1, 0.15) is 18.9 Å². The zero-order chi connectivity index (χ0) is 16.2. The van der Waals surface area contributed by atoms with Gasteiger partial charge in [-0.3, -0.25) is 0 Å². The first-order chi connectivity index (χ1) is 10.4. The molecule has 0 aromatic heterocycles. The molecule has 2 aromatic carbocycles. The van der Waals surface area contributed by atoms with Gasteiger partial charge in [-0.15, -0.1) is 0 Å². The number of nitrogens with one attached hydrogen (secondary N) is 1. The third-order valence-corrected chi connectivity index (χ3v) is 3.62. The number of hydrogen-bond donors (Lipinski definition) is 1. The van der Waals surface area contributed by atoms with Crippen molar-refractivity contribution in [3.8, 4) is 5.75 Å². The first kappa shape index (κ1) is 16.6. The molecule has 0 saturated carbocycles. The first-order valence-corrected chi connectivity index (χ1v) is 7.25. The number of rotatable bonds is 6. The Morgan fingerprint density at radius 3 is 2.55 bits per heavy atom. The number of hydrogen-bond acceptors (Lipinski definition) is 2. The van der Waals surface area contributed by atoms with E-state index in [1.165, 1.54) is 0 Å². The largest absolute Gasteiger partial charge is 0.496 e. The van der Waals surface area contributed by atoms with Crippen LogP contribution in [0.4, 0.5) is 13.2 Å². The summed E-state index contributed by atoms with van der Waals surface area (Å²) in [5, 5.41) is 5.10. The van der Waals surface area contributed by atoms with Crippen LogP contribution in [0.3, 0.4) is 0 Å². The van der Waals surface area contributed by atoms with Crippen molar-refractivity contribution in [1.82, 2.24) is 5.32 Å². The van der Waals surface area contributed by atoms with E-state index >= 15 is 0 Å². The van der Waals surface area contributed by atoms with E-state index in [0.717, 1.165) is 22.1 Å². The van der Waals surface area contributed by atoms with E-state index in [0.29, 0.717) is 13.0 Å². The Labute approximate surface area is 128 Å². The van der Waals surface area contributed by atoms with E-state index in [2.05, 4.69) is 5.32 Å². The zero-order valence-corrected chi connectivity index (χ0v) is 12.7. The van der Waals surface area contributed by atoms with E-state index in [1.807, 2.05) is 36.4 Å². The molecule has 0 fully saturated rings. The Balaban J connectivity index is 2.07. The molecule has 0 saturated heterocycles. The molecule has 0 bridgehead atoms. The maximum absolute atomic E-state index is 12.3. The van der Waals surface area contributed by atoms with Crippen LogP contribution in [0, 0.1) is 0 Å². The Bertz CT molecular complexity index is 625. The van der Waals surface area contributed by atoms with Crippen LogP contribution in [-0.2, 0) is 6.42 Å². The molecule has 0 radical (unpaired) electrons. The van der Waals surface area contributed by atoms with Crippen LogP contribution in [-0.4, -0.2) is 25.9 Å². The van der Waals surface area contributed by atoms with Gasteiger partial charge in [0.05, 0.1) is 13.5 Å². The third kappa shape index (κ3) is 4.37. The second-order valence-electron chi connectivity index (χ2n) is 5.39. The third-order valence-electron chi connectivity index (χ3n) is 3.62. The first-order valence-electron chi connectivity index (χ1n) is 7.25. The van der Waals surface area contributed by atoms with Crippen LogP contribution >= 0.6 is 0 Å². The molecule has 2 nitrogen and oxygen atoms in total. The minimum atomic E-state index is -4.14. The molecule has 120 valence electrons. The van der Waals surface area contributed by atoms with Gasteiger partial charge in [0.2, 0.25) is 0 Å². The lowest BCUT2D eigenvalue weighted by molar-refractivity contribution is -0.138. The summed E-state index contributed by atoms with van der Waals surface area (Å²) in [7, 11) is 1.60. The van der Waals surface area contributed by atoms with Crippen LogP contribution in [0.2, 0.25) is 0 Å². The summed E-state index contributed by atoms with van der Waals surface area (Å²) < 4.78 is 42.4. The van der Waals surface area contributed by atoms with Crippen LogP contribution < -0.4 is 10.1 Å². The van der Waals surface area contributed by atoms with Gasteiger partial charge in [-0.1, -0.05) is 30.3 Å². The number of alkyl halides is 3. The average molecular weight is 311 g/mol. The molecule has 0 spiro atoms. The molecule has 22 heavy (non-hydrogen) atoms. The molecule has 0 heterocycles.